The summed E-state index contributed by atoms with van der Waals surface area (Å²) in [6.45, 7) is 3.84. The molecule has 0 aromatic heterocycles. The van der Waals surface area contributed by atoms with Gasteiger partial charge < -0.3 is 5.73 Å². The molecule has 3 heteroatoms. The van der Waals surface area contributed by atoms with Gasteiger partial charge in [-0.05, 0) is 25.5 Å². The molecule has 0 saturated carbocycles. The van der Waals surface area contributed by atoms with E-state index in [2.05, 4.69) is 0 Å². The highest BCUT2D eigenvalue weighted by Gasteiger charge is 2.07. The Labute approximate surface area is 81.6 Å². The number of hydrogen-bond donors (Lipinski definition) is 1. The molecule has 13 heavy (non-hydrogen) atoms. The Morgan fingerprint density at radius 3 is 2.62 bits per heavy atom. The summed E-state index contributed by atoms with van der Waals surface area (Å²) in [6, 6.07) is 7.70. The average molecular weight is 197 g/mol. The largest absolute Gasteiger partial charge is 0.327 e. The number of aryl methyl sites for hydroxylation is 1. The first-order chi connectivity index (χ1) is 6.11. The third kappa shape index (κ3) is 2.94. The molecule has 1 aromatic carbocycles. The number of hydrogen-bond acceptors (Lipinski definition) is 2. The molecule has 0 aliphatic carbocycles. The molecule has 0 radical (unpaired) electrons. The van der Waals surface area contributed by atoms with Gasteiger partial charge in [0.05, 0.1) is 10.8 Å². The van der Waals surface area contributed by atoms with Crippen LogP contribution in [0, 0.1) is 6.92 Å². The fraction of sp³-hybridized carbons (Fsp3) is 0.400. The van der Waals surface area contributed by atoms with Crippen molar-refractivity contribution in [1.29, 1.82) is 0 Å². The van der Waals surface area contributed by atoms with Crippen molar-refractivity contribution < 1.29 is 4.21 Å². The van der Waals surface area contributed by atoms with Crippen molar-refractivity contribution in [1.82, 2.24) is 0 Å². The standard InChI is InChI=1S/C10H15NOS/c1-8-5-3-4-6-10(8)13(12)7-9(2)11/h3-6,9H,7,11H2,1-2H3. The minimum Gasteiger partial charge on any atom is -0.327 e. The maximum atomic E-state index is 11.7. The topological polar surface area (TPSA) is 43.1 Å². The smallest absolute Gasteiger partial charge is 0.0547 e. The molecule has 0 aliphatic heterocycles. The zero-order valence-electron chi connectivity index (χ0n) is 7.99. The van der Waals surface area contributed by atoms with Crippen LogP contribution in [0.1, 0.15) is 12.5 Å². The maximum Gasteiger partial charge on any atom is 0.0547 e. The van der Waals surface area contributed by atoms with E-state index in [1.165, 1.54) is 0 Å². The number of nitrogens with two attached hydrogens (primary N) is 1. The molecule has 2 N–H and O–H groups in total. The molecule has 2 nitrogen and oxygen atoms in total. The molecule has 0 spiro atoms. The summed E-state index contributed by atoms with van der Waals surface area (Å²) in [6.07, 6.45) is 0. The van der Waals surface area contributed by atoms with Gasteiger partial charge in [0, 0.05) is 16.7 Å². The first kappa shape index (κ1) is 10.4. The van der Waals surface area contributed by atoms with Gasteiger partial charge >= 0.3 is 0 Å². The SMILES string of the molecule is Cc1ccccc1S(=O)CC(C)N. The molecule has 72 valence electrons. The average Bonchev–Trinajstić information content (AvgIpc) is 2.03. The zero-order valence-corrected chi connectivity index (χ0v) is 8.80. The molecule has 2 atom stereocenters. The van der Waals surface area contributed by atoms with Gasteiger partial charge in [-0.15, -0.1) is 0 Å². The third-order valence-corrected chi connectivity index (χ3v) is 3.53. The first-order valence-corrected chi connectivity index (χ1v) is 5.62. The van der Waals surface area contributed by atoms with Gasteiger partial charge in [-0.2, -0.15) is 0 Å². The minimum absolute atomic E-state index is 0.0135. The molecule has 0 bridgehead atoms. The second kappa shape index (κ2) is 4.53. The number of rotatable bonds is 3. The Kier molecular flexibility index (Phi) is 3.63. The predicted molar refractivity (Wildman–Crippen MR) is 56.1 cm³/mol. The lowest BCUT2D eigenvalue weighted by Gasteiger charge is -2.07. The van der Waals surface area contributed by atoms with Gasteiger partial charge in [-0.25, -0.2) is 0 Å². The molecule has 0 amide bonds. The van der Waals surface area contributed by atoms with E-state index in [1.54, 1.807) is 0 Å². The van der Waals surface area contributed by atoms with Crippen molar-refractivity contribution in [3.63, 3.8) is 0 Å². The van der Waals surface area contributed by atoms with Crippen LogP contribution in [0.5, 0.6) is 0 Å². The van der Waals surface area contributed by atoms with E-state index in [-0.39, 0.29) is 6.04 Å². The van der Waals surface area contributed by atoms with Gasteiger partial charge in [-0.3, -0.25) is 4.21 Å². The Bertz CT molecular complexity index is 310. The Morgan fingerprint density at radius 2 is 2.08 bits per heavy atom. The molecule has 1 aromatic rings. The van der Waals surface area contributed by atoms with Crippen LogP contribution in [0.4, 0.5) is 0 Å². The van der Waals surface area contributed by atoms with Crippen LogP contribution < -0.4 is 5.73 Å². The van der Waals surface area contributed by atoms with Crippen molar-refractivity contribution in [3.05, 3.63) is 29.8 Å². The second-order valence-electron chi connectivity index (χ2n) is 3.25. The molecule has 2 unspecified atom stereocenters. The fourth-order valence-corrected chi connectivity index (χ4v) is 2.46. The highest BCUT2D eigenvalue weighted by Crippen LogP contribution is 2.12. The van der Waals surface area contributed by atoms with Gasteiger partial charge in [0.25, 0.3) is 0 Å². The molecule has 0 aliphatic rings. The first-order valence-electron chi connectivity index (χ1n) is 4.31. The van der Waals surface area contributed by atoms with Crippen LogP contribution in [0.15, 0.2) is 29.2 Å². The summed E-state index contributed by atoms with van der Waals surface area (Å²) >= 11 is 0. The molecule has 1 rings (SSSR count). The van der Waals surface area contributed by atoms with E-state index in [0.29, 0.717) is 5.75 Å². The van der Waals surface area contributed by atoms with Crippen molar-refractivity contribution in [2.45, 2.75) is 24.8 Å². The molecule has 0 saturated heterocycles. The van der Waals surface area contributed by atoms with E-state index in [4.69, 9.17) is 5.73 Å². The van der Waals surface area contributed by atoms with Crippen LogP contribution >= 0.6 is 0 Å². The van der Waals surface area contributed by atoms with Crippen molar-refractivity contribution in [3.8, 4) is 0 Å². The normalized spacial score (nSPS) is 15.3. The molecule has 0 fully saturated rings. The van der Waals surface area contributed by atoms with E-state index in [0.717, 1.165) is 10.5 Å². The Hall–Kier alpha value is -0.670. The zero-order chi connectivity index (χ0) is 9.84. The quantitative estimate of drug-likeness (QED) is 0.797. The minimum atomic E-state index is -0.950. The van der Waals surface area contributed by atoms with Crippen molar-refractivity contribution in [2.75, 3.05) is 5.75 Å². The summed E-state index contributed by atoms with van der Waals surface area (Å²) in [5.41, 5.74) is 6.66. The van der Waals surface area contributed by atoms with Gasteiger partial charge in [-0.1, -0.05) is 18.2 Å². The highest BCUT2D eigenvalue weighted by atomic mass is 32.2. The van der Waals surface area contributed by atoms with Crippen LogP contribution in [-0.4, -0.2) is 16.0 Å². The lowest BCUT2D eigenvalue weighted by Crippen LogP contribution is -2.23. The van der Waals surface area contributed by atoms with Crippen LogP contribution in [0.25, 0.3) is 0 Å². The summed E-state index contributed by atoms with van der Waals surface area (Å²) in [5.74, 6) is 0.533. The summed E-state index contributed by atoms with van der Waals surface area (Å²) in [7, 11) is -0.950. The van der Waals surface area contributed by atoms with Gasteiger partial charge in [0.1, 0.15) is 0 Å². The molecule has 0 heterocycles. The lowest BCUT2D eigenvalue weighted by molar-refractivity contribution is 0.676. The Morgan fingerprint density at radius 1 is 1.46 bits per heavy atom. The Balaban J connectivity index is 2.83. The van der Waals surface area contributed by atoms with E-state index in [9.17, 15) is 4.21 Å². The second-order valence-corrected chi connectivity index (χ2v) is 4.72. The predicted octanol–water partition coefficient (Wildman–Crippen LogP) is 1.45. The molecular formula is C10H15NOS. The monoisotopic (exact) mass is 197 g/mol. The van der Waals surface area contributed by atoms with E-state index >= 15 is 0 Å². The van der Waals surface area contributed by atoms with Crippen LogP contribution in [-0.2, 0) is 10.8 Å². The van der Waals surface area contributed by atoms with Gasteiger partial charge in [0.2, 0.25) is 0 Å². The fourth-order valence-electron chi connectivity index (χ4n) is 1.14. The van der Waals surface area contributed by atoms with Crippen LogP contribution in [0.2, 0.25) is 0 Å². The highest BCUT2D eigenvalue weighted by molar-refractivity contribution is 7.85. The summed E-state index contributed by atoms with van der Waals surface area (Å²) in [5, 5.41) is 0. The van der Waals surface area contributed by atoms with E-state index in [1.807, 2.05) is 38.1 Å². The number of benzene rings is 1. The van der Waals surface area contributed by atoms with Crippen molar-refractivity contribution >= 4 is 10.8 Å². The van der Waals surface area contributed by atoms with Crippen LogP contribution in [0.3, 0.4) is 0 Å². The van der Waals surface area contributed by atoms with Crippen molar-refractivity contribution in [2.24, 2.45) is 5.73 Å². The maximum absolute atomic E-state index is 11.7. The summed E-state index contributed by atoms with van der Waals surface area (Å²) < 4.78 is 11.7. The third-order valence-electron chi connectivity index (χ3n) is 1.75. The lowest BCUT2D eigenvalue weighted by atomic mass is 10.2. The molecular weight excluding hydrogens is 182 g/mol. The van der Waals surface area contributed by atoms with E-state index < -0.39 is 10.8 Å². The summed E-state index contributed by atoms with van der Waals surface area (Å²) in [4.78, 5) is 0.903. The van der Waals surface area contributed by atoms with Gasteiger partial charge in [0.15, 0.2) is 0 Å².